The van der Waals surface area contributed by atoms with E-state index in [0.717, 1.165) is 0 Å². The summed E-state index contributed by atoms with van der Waals surface area (Å²) in [6.07, 6.45) is 0.688. The molecule has 2 aromatic rings. The summed E-state index contributed by atoms with van der Waals surface area (Å²) in [6.45, 7) is 2.36. The summed E-state index contributed by atoms with van der Waals surface area (Å²) in [5.74, 6) is -0.270. The van der Waals surface area contributed by atoms with Gasteiger partial charge in [-0.1, -0.05) is 12.1 Å². The maximum Gasteiger partial charge on any atom is 0.270 e. The number of nitro groups is 1. The fraction of sp³-hybridized carbons (Fsp3) is 0.286. The lowest BCUT2D eigenvalue weighted by Crippen LogP contribution is -2.29. The van der Waals surface area contributed by atoms with Gasteiger partial charge in [0.25, 0.3) is 11.6 Å². The Kier molecular flexibility index (Phi) is 5.18. The van der Waals surface area contributed by atoms with E-state index >= 15 is 0 Å². The van der Waals surface area contributed by atoms with E-state index in [1.807, 2.05) is 6.92 Å². The van der Waals surface area contributed by atoms with Gasteiger partial charge in [0.1, 0.15) is 10.7 Å². The largest absolute Gasteiger partial charge is 0.351 e. The van der Waals surface area contributed by atoms with E-state index in [9.17, 15) is 14.9 Å². The second kappa shape index (κ2) is 7.10. The van der Waals surface area contributed by atoms with Gasteiger partial charge in [-0.15, -0.1) is 11.3 Å². The molecule has 0 aliphatic carbocycles. The number of rotatable bonds is 6. The number of nitro benzene ring substituents is 1. The summed E-state index contributed by atoms with van der Waals surface area (Å²) in [4.78, 5) is 26.5. The van der Waals surface area contributed by atoms with Gasteiger partial charge in [0.15, 0.2) is 0 Å². The van der Waals surface area contributed by atoms with Crippen molar-refractivity contribution in [1.82, 2.24) is 10.3 Å². The number of hydrogen-bond donors (Lipinski definition) is 2. The molecule has 1 aromatic carbocycles. The zero-order valence-corrected chi connectivity index (χ0v) is 12.8. The molecule has 1 unspecified atom stereocenters. The molecule has 0 spiro atoms. The van der Waals surface area contributed by atoms with Crippen LogP contribution < -0.4 is 11.1 Å². The van der Waals surface area contributed by atoms with Crippen LogP contribution in [-0.4, -0.2) is 28.4 Å². The number of thiazole rings is 1. The summed E-state index contributed by atoms with van der Waals surface area (Å²) < 4.78 is 0. The van der Waals surface area contributed by atoms with Crippen molar-refractivity contribution in [3.63, 3.8) is 0 Å². The molecule has 1 aromatic heterocycles. The summed E-state index contributed by atoms with van der Waals surface area (Å²) in [5, 5.41) is 15.7. The maximum absolute atomic E-state index is 11.9. The molecule has 1 heterocycles. The van der Waals surface area contributed by atoms with Gasteiger partial charge in [0, 0.05) is 35.7 Å². The third kappa shape index (κ3) is 4.09. The number of amides is 1. The lowest BCUT2D eigenvalue weighted by molar-refractivity contribution is -0.384. The Labute approximate surface area is 131 Å². The summed E-state index contributed by atoms with van der Waals surface area (Å²) in [6, 6.07) is 6.20. The van der Waals surface area contributed by atoms with Gasteiger partial charge in [-0.3, -0.25) is 14.9 Å². The van der Waals surface area contributed by atoms with Gasteiger partial charge in [-0.25, -0.2) is 4.98 Å². The van der Waals surface area contributed by atoms with Crippen molar-refractivity contribution >= 4 is 22.9 Å². The van der Waals surface area contributed by atoms with E-state index in [2.05, 4.69) is 10.3 Å². The predicted octanol–water partition coefficient (Wildman–Crippen LogP) is 2.19. The van der Waals surface area contributed by atoms with Crippen LogP contribution >= 0.6 is 11.3 Å². The van der Waals surface area contributed by atoms with E-state index in [1.54, 1.807) is 17.5 Å². The maximum atomic E-state index is 11.9. The molecule has 0 aliphatic heterocycles. The highest BCUT2D eigenvalue weighted by molar-refractivity contribution is 7.13. The fourth-order valence-electron chi connectivity index (χ4n) is 1.77. The highest BCUT2D eigenvalue weighted by Crippen LogP contribution is 2.26. The minimum absolute atomic E-state index is 0.00404. The molecule has 3 N–H and O–H groups in total. The van der Waals surface area contributed by atoms with E-state index < -0.39 is 4.92 Å². The average molecular weight is 320 g/mol. The molecule has 0 saturated carbocycles. The Morgan fingerprint density at radius 2 is 2.32 bits per heavy atom. The number of nitrogens with two attached hydrogens (primary N) is 1. The van der Waals surface area contributed by atoms with Gasteiger partial charge in [-0.2, -0.15) is 0 Å². The zero-order chi connectivity index (χ0) is 16.1. The molecule has 116 valence electrons. The number of aromatic nitrogens is 1. The molecule has 7 nitrogen and oxygen atoms in total. The lowest BCUT2D eigenvalue weighted by Gasteiger charge is -2.05. The molecule has 1 amide bonds. The van der Waals surface area contributed by atoms with Gasteiger partial charge >= 0.3 is 0 Å². The van der Waals surface area contributed by atoms with Crippen molar-refractivity contribution in [2.45, 2.75) is 19.4 Å². The third-order valence-electron chi connectivity index (χ3n) is 2.93. The van der Waals surface area contributed by atoms with Gasteiger partial charge < -0.3 is 11.1 Å². The molecule has 22 heavy (non-hydrogen) atoms. The topological polar surface area (TPSA) is 111 Å². The van der Waals surface area contributed by atoms with Crippen LogP contribution in [0.1, 0.15) is 23.8 Å². The monoisotopic (exact) mass is 320 g/mol. The Balaban J connectivity index is 2.09. The minimum Gasteiger partial charge on any atom is -0.351 e. The Morgan fingerprint density at radius 1 is 1.55 bits per heavy atom. The predicted molar refractivity (Wildman–Crippen MR) is 84.8 cm³/mol. The number of nitrogens with one attached hydrogen (secondary N) is 1. The van der Waals surface area contributed by atoms with Crippen LogP contribution in [0.4, 0.5) is 5.69 Å². The first-order chi connectivity index (χ1) is 10.5. The van der Waals surface area contributed by atoms with Crippen LogP contribution in [0.2, 0.25) is 0 Å². The number of carbonyl (C=O) groups excluding carboxylic acids is 1. The van der Waals surface area contributed by atoms with Crippen LogP contribution in [-0.2, 0) is 0 Å². The minimum atomic E-state index is -0.460. The van der Waals surface area contributed by atoms with Crippen molar-refractivity contribution in [3.8, 4) is 10.6 Å². The molecule has 2 rings (SSSR count). The van der Waals surface area contributed by atoms with Crippen molar-refractivity contribution in [1.29, 1.82) is 0 Å². The first-order valence-electron chi connectivity index (χ1n) is 6.71. The van der Waals surface area contributed by atoms with Crippen LogP contribution in [0, 0.1) is 10.1 Å². The molecule has 8 heteroatoms. The molecule has 0 fully saturated rings. The smallest absolute Gasteiger partial charge is 0.270 e. The first-order valence-corrected chi connectivity index (χ1v) is 7.59. The van der Waals surface area contributed by atoms with Crippen LogP contribution in [0.5, 0.6) is 0 Å². The Morgan fingerprint density at radius 3 is 3.00 bits per heavy atom. The zero-order valence-electron chi connectivity index (χ0n) is 12.0. The van der Waals surface area contributed by atoms with Crippen LogP contribution in [0.3, 0.4) is 0 Å². The Hall–Kier alpha value is -2.32. The quantitative estimate of drug-likeness (QED) is 0.626. The van der Waals surface area contributed by atoms with Crippen LogP contribution in [0.25, 0.3) is 10.6 Å². The highest BCUT2D eigenvalue weighted by atomic mass is 32.1. The van der Waals surface area contributed by atoms with E-state index in [1.165, 1.54) is 23.5 Å². The molecular formula is C14H16N4O3S. The molecule has 0 saturated heterocycles. The lowest BCUT2D eigenvalue weighted by atomic mass is 10.2. The van der Waals surface area contributed by atoms with E-state index in [0.29, 0.717) is 29.2 Å². The molecule has 1 atom stereocenters. The molecule has 0 bridgehead atoms. The summed E-state index contributed by atoms with van der Waals surface area (Å²) in [7, 11) is 0. The number of hydrogen-bond acceptors (Lipinski definition) is 6. The highest BCUT2D eigenvalue weighted by Gasteiger charge is 2.13. The van der Waals surface area contributed by atoms with Gasteiger partial charge in [0.2, 0.25) is 0 Å². The normalized spacial score (nSPS) is 11.9. The second-order valence-corrected chi connectivity index (χ2v) is 5.73. The van der Waals surface area contributed by atoms with Gasteiger partial charge in [0.05, 0.1) is 4.92 Å². The summed E-state index contributed by atoms with van der Waals surface area (Å²) >= 11 is 1.27. The number of carbonyl (C=O) groups is 1. The third-order valence-corrected chi connectivity index (χ3v) is 3.82. The number of benzene rings is 1. The summed E-state index contributed by atoms with van der Waals surface area (Å²) in [5.41, 5.74) is 6.53. The van der Waals surface area contributed by atoms with Crippen molar-refractivity contribution in [3.05, 3.63) is 45.5 Å². The molecular weight excluding hydrogens is 304 g/mol. The number of non-ortho nitro benzene ring substituents is 1. The molecule has 0 aliphatic rings. The van der Waals surface area contributed by atoms with Gasteiger partial charge in [-0.05, 0) is 13.3 Å². The Bertz CT molecular complexity index is 684. The molecule has 0 radical (unpaired) electrons. The van der Waals surface area contributed by atoms with Crippen molar-refractivity contribution < 1.29 is 9.72 Å². The average Bonchev–Trinajstić information content (AvgIpc) is 2.96. The van der Waals surface area contributed by atoms with Crippen LogP contribution in [0.15, 0.2) is 29.6 Å². The second-order valence-electron chi connectivity index (χ2n) is 4.87. The first kappa shape index (κ1) is 16.1. The van der Waals surface area contributed by atoms with E-state index in [-0.39, 0.29) is 17.6 Å². The number of nitrogens with zero attached hydrogens (tertiary/aromatic N) is 2. The van der Waals surface area contributed by atoms with Crippen molar-refractivity contribution in [2.75, 3.05) is 6.54 Å². The standard InChI is InChI=1S/C14H16N4O3S/c1-9(15)5-6-16-13(19)12-8-22-14(17-12)10-3-2-4-11(7-10)18(20)21/h2-4,7-9H,5-6,15H2,1H3,(H,16,19). The van der Waals surface area contributed by atoms with Crippen molar-refractivity contribution in [2.24, 2.45) is 5.73 Å². The fourth-order valence-corrected chi connectivity index (χ4v) is 2.56. The van der Waals surface area contributed by atoms with E-state index in [4.69, 9.17) is 5.73 Å². The SMILES string of the molecule is CC(N)CCNC(=O)c1csc(-c2cccc([N+](=O)[O-])c2)n1.